The largest absolute Gasteiger partial charge is 0.365 e. The average Bonchev–Trinajstić information content (AvgIpc) is 2.93. The minimum absolute atomic E-state index is 0.0440. The number of halogens is 1. The van der Waals surface area contributed by atoms with Crippen LogP contribution in [0.4, 0.5) is 10.1 Å². The van der Waals surface area contributed by atoms with Crippen LogP contribution >= 0.6 is 11.9 Å². The summed E-state index contributed by atoms with van der Waals surface area (Å²) in [7, 11) is 3.91. The summed E-state index contributed by atoms with van der Waals surface area (Å²) in [6.45, 7) is 8.89. The SMILES string of the molecule is CCN=C(CN(C(=O)C[C@H](C)c1ccc(C)cc1F)c1ccc2c(c1)C(NSc1cccc(C)c1)CCC2)N(C)C. The molecule has 1 aliphatic rings. The van der Waals surface area contributed by atoms with Gasteiger partial charge >= 0.3 is 0 Å². The fourth-order valence-electron chi connectivity index (χ4n) is 5.39. The Labute approximate surface area is 249 Å². The summed E-state index contributed by atoms with van der Waals surface area (Å²) in [6.07, 6.45) is 3.39. The van der Waals surface area contributed by atoms with Crippen molar-refractivity contribution in [1.29, 1.82) is 0 Å². The standard InChI is InChI=1S/C34H43FN4OS/c1-7-36-33(38(5)6)22-39(34(40)20-25(4)29-17-14-24(3)19-31(29)35)27-16-15-26-11-9-13-32(30(26)21-27)37-41-28-12-8-10-23(2)18-28/h8,10,12,14-19,21,25,32,37H,7,9,11,13,20,22H2,1-6H3/t25-,32?/m0/s1. The lowest BCUT2D eigenvalue weighted by Crippen LogP contribution is -2.41. The molecule has 0 radical (unpaired) electrons. The third-order valence-corrected chi connectivity index (χ3v) is 8.58. The highest BCUT2D eigenvalue weighted by Crippen LogP contribution is 2.36. The predicted molar refractivity (Wildman–Crippen MR) is 170 cm³/mol. The van der Waals surface area contributed by atoms with Crippen LogP contribution in [0.3, 0.4) is 0 Å². The number of nitrogens with one attached hydrogen (secondary N) is 1. The molecular formula is C34H43FN4OS. The van der Waals surface area contributed by atoms with Crippen LogP contribution in [0.2, 0.25) is 0 Å². The van der Waals surface area contributed by atoms with Crippen LogP contribution in [-0.2, 0) is 11.2 Å². The second-order valence-electron chi connectivity index (χ2n) is 11.3. The van der Waals surface area contributed by atoms with Gasteiger partial charge in [0.05, 0.1) is 6.54 Å². The van der Waals surface area contributed by atoms with E-state index in [1.807, 2.05) is 50.7 Å². The van der Waals surface area contributed by atoms with Crippen LogP contribution in [0, 0.1) is 19.7 Å². The van der Waals surface area contributed by atoms with Crippen LogP contribution in [0.25, 0.3) is 0 Å². The number of carbonyl (C=O) groups is 1. The highest BCUT2D eigenvalue weighted by molar-refractivity contribution is 7.97. The number of rotatable bonds is 10. The topological polar surface area (TPSA) is 47.9 Å². The van der Waals surface area contributed by atoms with E-state index in [0.29, 0.717) is 18.7 Å². The second kappa shape index (κ2) is 14.1. The third kappa shape index (κ3) is 7.98. The lowest BCUT2D eigenvalue weighted by atomic mass is 9.87. The van der Waals surface area contributed by atoms with E-state index in [2.05, 4.69) is 59.1 Å². The van der Waals surface area contributed by atoms with Gasteiger partial charge in [-0.05, 0) is 116 Å². The van der Waals surface area contributed by atoms with Crippen molar-refractivity contribution in [2.24, 2.45) is 4.99 Å². The van der Waals surface area contributed by atoms with Crippen LogP contribution in [-0.4, -0.2) is 43.8 Å². The predicted octanol–water partition coefficient (Wildman–Crippen LogP) is 7.62. The van der Waals surface area contributed by atoms with Gasteiger partial charge < -0.3 is 9.80 Å². The lowest BCUT2D eigenvalue weighted by Gasteiger charge is -2.31. The number of likely N-dealkylation sites (N-methyl/N-ethyl adjacent to an activating group) is 1. The Morgan fingerprint density at radius 2 is 1.88 bits per heavy atom. The highest BCUT2D eigenvalue weighted by atomic mass is 32.2. The van der Waals surface area contributed by atoms with E-state index in [9.17, 15) is 9.18 Å². The van der Waals surface area contributed by atoms with Gasteiger partial charge in [0, 0.05) is 43.7 Å². The minimum Gasteiger partial charge on any atom is -0.365 e. The number of benzene rings is 3. The van der Waals surface area contributed by atoms with E-state index in [-0.39, 0.29) is 30.1 Å². The Bertz CT molecular complexity index is 1390. The lowest BCUT2D eigenvalue weighted by molar-refractivity contribution is -0.118. The molecule has 218 valence electrons. The first kappa shape index (κ1) is 30.8. The number of fused-ring (bicyclic) bond motifs is 1. The maximum absolute atomic E-state index is 14.8. The second-order valence-corrected chi connectivity index (χ2v) is 12.2. The van der Waals surface area contributed by atoms with E-state index in [0.717, 1.165) is 36.3 Å². The molecule has 1 unspecified atom stereocenters. The quantitative estimate of drug-likeness (QED) is 0.154. The molecule has 0 aliphatic heterocycles. The van der Waals surface area contributed by atoms with Gasteiger partial charge in [-0.3, -0.25) is 14.5 Å². The summed E-state index contributed by atoms with van der Waals surface area (Å²) in [6, 6.07) is 20.3. The van der Waals surface area contributed by atoms with Crippen LogP contribution < -0.4 is 9.62 Å². The summed E-state index contributed by atoms with van der Waals surface area (Å²) in [5.74, 6) is 0.274. The molecule has 1 aliphatic carbocycles. The molecule has 4 rings (SSSR count). The van der Waals surface area contributed by atoms with E-state index in [1.165, 1.54) is 27.7 Å². The molecule has 3 aromatic carbocycles. The van der Waals surface area contributed by atoms with Crippen LogP contribution in [0.5, 0.6) is 0 Å². The van der Waals surface area contributed by atoms with Gasteiger partial charge in [-0.15, -0.1) is 0 Å². The van der Waals surface area contributed by atoms with Gasteiger partial charge in [-0.25, -0.2) is 4.39 Å². The van der Waals surface area contributed by atoms with Crippen molar-refractivity contribution in [3.8, 4) is 0 Å². The van der Waals surface area contributed by atoms with Crippen molar-refractivity contribution in [1.82, 2.24) is 9.62 Å². The molecule has 3 aromatic rings. The maximum atomic E-state index is 14.8. The number of hydrogen-bond donors (Lipinski definition) is 1. The molecule has 0 saturated heterocycles. The molecule has 7 heteroatoms. The van der Waals surface area contributed by atoms with Crippen LogP contribution in [0.15, 0.2) is 70.6 Å². The zero-order chi connectivity index (χ0) is 29.5. The van der Waals surface area contributed by atoms with Crippen molar-refractivity contribution >= 4 is 29.4 Å². The first-order valence-corrected chi connectivity index (χ1v) is 15.4. The number of anilines is 1. The molecule has 1 amide bonds. The Kier molecular flexibility index (Phi) is 10.6. The number of hydrogen-bond acceptors (Lipinski definition) is 4. The van der Waals surface area contributed by atoms with E-state index in [1.54, 1.807) is 18.0 Å². The zero-order valence-corrected chi connectivity index (χ0v) is 26.0. The summed E-state index contributed by atoms with van der Waals surface area (Å²) < 4.78 is 18.5. The molecular weight excluding hydrogens is 531 g/mol. The fraction of sp³-hybridized carbons (Fsp3) is 0.412. The first-order chi connectivity index (χ1) is 19.7. The van der Waals surface area contributed by atoms with Crippen molar-refractivity contribution < 1.29 is 9.18 Å². The number of amidine groups is 1. The first-order valence-electron chi connectivity index (χ1n) is 14.5. The number of amides is 1. The molecule has 0 spiro atoms. The maximum Gasteiger partial charge on any atom is 0.228 e. The van der Waals surface area contributed by atoms with Crippen LogP contribution in [0.1, 0.15) is 72.9 Å². The van der Waals surface area contributed by atoms with Gasteiger partial charge in [-0.2, -0.15) is 0 Å². The number of carbonyl (C=O) groups excluding carboxylic acids is 1. The average molecular weight is 575 g/mol. The summed E-state index contributed by atoms with van der Waals surface area (Å²) in [4.78, 5) is 23.6. The molecule has 0 bridgehead atoms. The Balaban J connectivity index is 1.63. The Morgan fingerprint density at radius 3 is 2.59 bits per heavy atom. The number of aliphatic imine (C=N–C) groups is 1. The van der Waals surface area contributed by atoms with Crippen molar-refractivity contribution in [2.75, 3.05) is 32.1 Å². The smallest absolute Gasteiger partial charge is 0.228 e. The molecule has 1 N–H and O–H groups in total. The summed E-state index contributed by atoms with van der Waals surface area (Å²) in [5.41, 5.74) is 6.09. The minimum atomic E-state index is -0.257. The van der Waals surface area contributed by atoms with E-state index < -0.39 is 0 Å². The van der Waals surface area contributed by atoms with Gasteiger partial charge in [0.1, 0.15) is 11.7 Å². The molecule has 5 nitrogen and oxygen atoms in total. The summed E-state index contributed by atoms with van der Waals surface area (Å²) >= 11 is 1.66. The third-order valence-electron chi connectivity index (χ3n) is 7.69. The number of nitrogens with zero attached hydrogens (tertiary/aromatic N) is 3. The molecule has 0 aromatic heterocycles. The van der Waals surface area contributed by atoms with Crippen molar-refractivity contribution in [2.45, 2.75) is 70.2 Å². The monoisotopic (exact) mass is 574 g/mol. The molecule has 0 fully saturated rings. The summed E-state index contributed by atoms with van der Waals surface area (Å²) in [5, 5.41) is 0. The Morgan fingerprint density at radius 1 is 1.10 bits per heavy atom. The van der Waals surface area contributed by atoms with E-state index >= 15 is 0 Å². The molecule has 2 atom stereocenters. The normalized spacial score (nSPS) is 15.8. The van der Waals surface area contributed by atoms with Gasteiger partial charge in [0.25, 0.3) is 0 Å². The molecule has 0 heterocycles. The Hall–Kier alpha value is -3.16. The molecule has 41 heavy (non-hydrogen) atoms. The fourth-order valence-corrected chi connectivity index (χ4v) is 6.30. The van der Waals surface area contributed by atoms with Crippen molar-refractivity contribution in [3.05, 3.63) is 94.3 Å². The highest BCUT2D eigenvalue weighted by Gasteiger charge is 2.26. The van der Waals surface area contributed by atoms with Gasteiger partial charge in [-0.1, -0.05) is 37.3 Å². The molecule has 0 saturated carbocycles. The van der Waals surface area contributed by atoms with E-state index in [4.69, 9.17) is 0 Å². The van der Waals surface area contributed by atoms with Gasteiger partial charge in [0.2, 0.25) is 5.91 Å². The number of aryl methyl sites for hydroxylation is 3. The van der Waals surface area contributed by atoms with Gasteiger partial charge in [0.15, 0.2) is 0 Å². The van der Waals surface area contributed by atoms with Crippen molar-refractivity contribution in [3.63, 3.8) is 0 Å². The zero-order valence-electron chi connectivity index (χ0n) is 25.2.